The second kappa shape index (κ2) is 5.63. The van der Waals surface area contributed by atoms with Crippen molar-refractivity contribution in [1.29, 1.82) is 0 Å². The lowest BCUT2D eigenvalue weighted by Gasteiger charge is -2.15. The molecular weight excluding hydrogens is 237 g/mol. The van der Waals surface area contributed by atoms with Gasteiger partial charge in [0.2, 0.25) is 0 Å². The number of hydrogen-bond acceptors (Lipinski definition) is 3. The number of rotatable bonds is 5. The fourth-order valence-corrected chi connectivity index (χ4v) is 2.07. The van der Waals surface area contributed by atoms with E-state index in [4.69, 9.17) is 0 Å². The molecule has 0 saturated carbocycles. The van der Waals surface area contributed by atoms with E-state index in [9.17, 15) is 13.2 Å². The summed E-state index contributed by atoms with van der Waals surface area (Å²) in [6.45, 7) is 1.89. The first-order valence-corrected chi connectivity index (χ1v) is 5.93. The fourth-order valence-electron chi connectivity index (χ4n) is 1.44. The van der Waals surface area contributed by atoms with Crippen molar-refractivity contribution in [3.63, 3.8) is 0 Å². The van der Waals surface area contributed by atoms with Crippen molar-refractivity contribution in [2.75, 3.05) is 7.05 Å². The van der Waals surface area contributed by atoms with Gasteiger partial charge >= 0.3 is 6.18 Å². The first kappa shape index (κ1) is 13.4. The molecule has 16 heavy (non-hydrogen) atoms. The molecule has 0 saturated heterocycles. The smallest absolute Gasteiger partial charge is 0.317 e. The summed E-state index contributed by atoms with van der Waals surface area (Å²) in [5.74, 6) is 0. The van der Waals surface area contributed by atoms with Crippen LogP contribution >= 0.6 is 11.3 Å². The largest absolute Gasteiger partial charge is 0.389 e. The Morgan fingerprint density at radius 2 is 2.19 bits per heavy atom. The molecule has 0 amide bonds. The molecule has 1 rings (SSSR count). The lowest BCUT2D eigenvalue weighted by Crippen LogP contribution is -2.29. The number of alkyl halides is 3. The van der Waals surface area contributed by atoms with Crippen molar-refractivity contribution in [3.8, 4) is 0 Å². The average Bonchev–Trinajstić information content (AvgIpc) is 2.57. The summed E-state index contributed by atoms with van der Waals surface area (Å²) in [4.78, 5) is 4.24. The number of halogens is 3. The Morgan fingerprint density at radius 1 is 1.50 bits per heavy atom. The second-order valence-electron chi connectivity index (χ2n) is 3.70. The van der Waals surface area contributed by atoms with Crippen LogP contribution in [0.4, 0.5) is 13.2 Å². The molecule has 92 valence electrons. The van der Waals surface area contributed by atoms with Crippen molar-refractivity contribution < 1.29 is 13.2 Å². The fraction of sp³-hybridized carbons (Fsp3) is 0.700. The summed E-state index contributed by atoms with van der Waals surface area (Å²) in [5, 5.41) is 5.74. The minimum absolute atomic E-state index is 0.0938. The third-order valence-electron chi connectivity index (χ3n) is 2.31. The van der Waals surface area contributed by atoms with Crippen LogP contribution in [-0.4, -0.2) is 24.2 Å². The Hall–Kier alpha value is -0.620. The van der Waals surface area contributed by atoms with Gasteiger partial charge in [0, 0.05) is 24.3 Å². The molecule has 0 radical (unpaired) electrons. The van der Waals surface area contributed by atoms with Crippen LogP contribution in [0.3, 0.4) is 0 Å². The molecule has 6 heteroatoms. The van der Waals surface area contributed by atoms with E-state index in [1.54, 1.807) is 7.05 Å². The summed E-state index contributed by atoms with van der Waals surface area (Å²) in [6.07, 6.45) is -4.18. The van der Waals surface area contributed by atoms with Gasteiger partial charge in [-0.15, -0.1) is 11.3 Å². The molecule has 1 N–H and O–H groups in total. The topological polar surface area (TPSA) is 24.9 Å². The number of thiazole rings is 1. The first-order chi connectivity index (χ1) is 7.40. The molecule has 2 nitrogen and oxygen atoms in total. The van der Waals surface area contributed by atoms with Crippen LogP contribution in [0.1, 0.15) is 23.5 Å². The molecule has 1 aromatic heterocycles. The van der Waals surface area contributed by atoms with Gasteiger partial charge in [-0.05, 0) is 20.4 Å². The zero-order valence-corrected chi connectivity index (χ0v) is 10.1. The highest BCUT2D eigenvalue weighted by molar-refractivity contribution is 7.09. The van der Waals surface area contributed by atoms with Crippen LogP contribution in [0, 0.1) is 6.92 Å². The van der Waals surface area contributed by atoms with Crippen molar-refractivity contribution in [1.82, 2.24) is 10.3 Å². The highest BCUT2D eigenvalue weighted by Gasteiger charge is 2.28. The maximum atomic E-state index is 12.1. The van der Waals surface area contributed by atoms with E-state index in [0.29, 0.717) is 6.42 Å². The van der Waals surface area contributed by atoms with E-state index >= 15 is 0 Å². The Bertz CT molecular complexity index is 322. The molecule has 0 aliphatic carbocycles. The molecule has 0 bridgehead atoms. The summed E-state index contributed by atoms with van der Waals surface area (Å²) >= 11 is 1.52. The Kier molecular flexibility index (Phi) is 4.73. The van der Waals surface area contributed by atoms with E-state index in [0.717, 1.165) is 10.7 Å². The van der Waals surface area contributed by atoms with Gasteiger partial charge in [-0.3, -0.25) is 0 Å². The summed E-state index contributed by atoms with van der Waals surface area (Å²) in [5.41, 5.74) is 0.865. The van der Waals surface area contributed by atoms with E-state index in [-0.39, 0.29) is 12.5 Å². The molecule has 0 spiro atoms. The summed E-state index contributed by atoms with van der Waals surface area (Å²) in [6, 6.07) is -0.164. The zero-order chi connectivity index (χ0) is 12.2. The molecule has 1 atom stereocenters. The number of nitrogens with one attached hydrogen (secondary N) is 1. The molecule has 0 aliphatic heterocycles. The van der Waals surface area contributed by atoms with Gasteiger partial charge < -0.3 is 5.32 Å². The lowest BCUT2D eigenvalue weighted by molar-refractivity contribution is -0.136. The maximum absolute atomic E-state index is 12.1. The number of nitrogens with zero attached hydrogens (tertiary/aromatic N) is 1. The third-order valence-corrected chi connectivity index (χ3v) is 3.13. The average molecular weight is 252 g/mol. The van der Waals surface area contributed by atoms with E-state index in [2.05, 4.69) is 10.3 Å². The SMILES string of the molecule is CNC(CCC(F)(F)F)Cc1csc(C)n1. The van der Waals surface area contributed by atoms with Gasteiger partial charge in [0.25, 0.3) is 0 Å². The highest BCUT2D eigenvalue weighted by Crippen LogP contribution is 2.23. The monoisotopic (exact) mass is 252 g/mol. The van der Waals surface area contributed by atoms with Crippen LogP contribution in [0.15, 0.2) is 5.38 Å². The van der Waals surface area contributed by atoms with Crippen molar-refractivity contribution >= 4 is 11.3 Å². The van der Waals surface area contributed by atoms with Crippen molar-refractivity contribution in [3.05, 3.63) is 16.1 Å². The second-order valence-corrected chi connectivity index (χ2v) is 4.76. The normalized spacial score (nSPS) is 14.1. The summed E-state index contributed by atoms with van der Waals surface area (Å²) < 4.78 is 36.2. The van der Waals surface area contributed by atoms with Gasteiger partial charge in [-0.2, -0.15) is 13.2 Å². The van der Waals surface area contributed by atoms with Gasteiger partial charge in [0.05, 0.1) is 10.7 Å². The summed E-state index contributed by atoms with van der Waals surface area (Å²) in [7, 11) is 1.68. The van der Waals surface area contributed by atoms with Crippen LogP contribution in [-0.2, 0) is 6.42 Å². The molecule has 1 unspecified atom stereocenters. The minimum atomic E-state index is -4.08. The quantitative estimate of drug-likeness (QED) is 0.871. The van der Waals surface area contributed by atoms with E-state index < -0.39 is 12.6 Å². The lowest BCUT2D eigenvalue weighted by atomic mass is 10.1. The van der Waals surface area contributed by atoms with Crippen molar-refractivity contribution in [2.24, 2.45) is 0 Å². The van der Waals surface area contributed by atoms with Crippen LogP contribution < -0.4 is 5.32 Å². The molecule has 0 fully saturated rings. The predicted molar refractivity (Wildman–Crippen MR) is 58.7 cm³/mol. The van der Waals surface area contributed by atoms with Gasteiger partial charge in [-0.25, -0.2) is 4.98 Å². The van der Waals surface area contributed by atoms with Gasteiger partial charge in [0.15, 0.2) is 0 Å². The molecule has 1 aromatic rings. The van der Waals surface area contributed by atoms with Gasteiger partial charge in [0.1, 0.15) is 0 Å². The first-order valence-electron chi connectivity index (χ1n) is 5.05. The Morgan fingerprint density at radius 3 is 2.62 bits per heavy atom. The van der Waals surface area contributed by atoms with Crippen LogP contribution in [0.25, 0.3) is 0 Å². The minimum Gasteiger partial charge on any atom is -0.317 e. The van der Waals surface area contributed by atoms with Gasteiger partial charge in [-0.1, -0.05) is 0 Å². The maximum Gasteiger partial charge on any atom is 0.389 e. The van der Waals surface area contributed by atoms with Crippen LogP contribution in [0.5, 0.6) is 0 Å². The number of hydrogen-bond donors (Lipinski definition) is 1. The predicted octanol–water partition coefficient (Wildman–Crippen LogP) is 2.92. The zero-order valence-electron chi connectivity index (χ0n) is 9.27. The molecule has 1 heterocycles. The Labute approximate surface area is 96.9 Å². The standard InChI is InChI=1S/C10H15F3N2S/c1-7-15-9(6-16-7)5-8(14-2)3-4-10(11,12)13/h6,8,14H,3-5H2,1-2H3. The van der Waals surface area contributed by atoms with Crippen LogP contribution in [0.2, 0.25) is 0 Å². The third kappa shape index (κ3) is 4.94. The van der Waals surface area contributed by atoms with E-state index in [1.807, 2.05) is 12.3 Å². The molecule has 0 aromatic carbocycles. The Balaban J connectivity index is 2.43. The number of likely N-dealkylation sites (N-methyl/N-ethyl adjacent to an activating group) is 1. The molecule has 0 aliphatic rings. The van der Waals surface area contributed by atoms with E-state index in [1.165, 1.54) is 11.3 Å². The van der Waals surface area contributed by atoms with Crippen molar-refractivity contribution in [2.45, 2.75) is 38.4 Å². The number of aryl methyl sites for hydroxylation is 1. The number of aromatic nitrogens is 1. The highest BCUT2D eigenvalue weighted by atomic mass is 32.1. The molecular formula is C10H15F3N2S.